The van der Waals surface area contributed by atoms with Gasteiger partial charge in [-0.1, -0.05) is 0 Å². The summed E-state index contributed by atoms with van der Waals surface area (Å²) in [4.78, 5) is 11.9. The van der Waals surface area contributed by atoms with Crippen molar-refractivity contribution in [3.8, 4) is 0 Å². The van der Waals surface area contributed by atoms with E-state index in [0.29, 0.717) is 5.92 Å². The number of rotatable bonds is 2. The van der Waals surface area contributed by atoms with Gasteiger partial charge in [0.1, 0.15) is 11.6 Å². The van der Waals surface area contributed by atoms with Gasteiger partial charge in [-0.2, -0.15) is 14.7 Å². The maximum atomic E-state index is 5.47. The van der Waals surface area contributed by atoms with Crippen molar-refractivity contribution in [2.75, 3.05) is 31.2 Å². The quantitative estimate of drug-likeness (QED) is 0.689. The average molecular weight is 367 g/mol. The zero-order valence-electron chi connectivity index (χ0n) is 15.9. The van der Waals surface area contributed by atoms with Crippen molar-refractivity contribution in [2.45, 2.75) is 45.6 Å². The Balaban J connectivity index is 1.42. The number of ether oxygens (including phenoxy) is 1. The van der Waals surface area contributed by atoms with Crippen molar-refractivity contribution >= 4 is 11.5 Å². The SMILES string of the molecule is Cc1nc2ccnn2c(N2CCc3nc(C4CCOCC4)nn3CC2)c1C. The van der Waals surface area contributed by atoms with Crippen LogP contribution in [0.25, 0.3) is 5.65 Å². The largest absolute Gasteiger partial charge is 0.381 e. The average Bonchev–Trinajstić information content (AvgIpc) is 3.27. The van der Waals surface area contributed by atoms with Gasteiger partial charge in [-0.15, -0.1) is 0 Å². The van der Waals surface area contributed by atoms with E-state index in [0.717, 1.165) is 80.9 Å². The molecule has 2 aliphatic rings. The van der Waals surface area contributed by atoms with Crippen molar-refractivity contribution in [1.82, 2.24) is 29.4 Å². The highest BCUT2D eigenvalue weighted by Gasteiger charge is 2.25. The highest BCUT2D eigenvalue weighted by Crippen LogP contribution is 2.27. The molecule has 2 aliphatic heterocycles. The predicted molar refractivity (Wildman–Crippen MR) is 101 cm³/mol. The van der Waals surface area contributed by atoms with Crippen LogP contribution in [0.3, 0.4) is 0 Å². The Kier molecular flexibility index (Phi) is 4.07. The summed E-state index contributed by atoms with van der Waals surface area (Å²) in [5, 5.41) is 9.34. The van der Waals surface area contributed by atoms with Gasteiger partial charge in [-0.3, -0.25) is 0 Å². The van der Waals surface area contributed by atoms with Gasteiger partial charge in [0, 0.05) is 56.0 Å². The molecule has 0 saturated carbocycles. The molecule has 3 aromatic rings. The molecule has 0 unspecified atom stereocenters. The molecule has 1 saturated heterocycles. The minimum Gasteiger partial charge on any atom is -0.381 e. The van der Waals surface area contributed by atoms with E-state index in [1.54, 1.807) is 0 Å². The fourth-order valence-corrected chi connectivity index (χ4v) is 4.15. The highest BCUT2D eigenvalue weighted by atomic mass is 16.5. The van der Waals surface area contributed by atoms with Crippen LogP contribution in [0.15, 0.2) is 12.3 Å². The molecule has 0 radical (unpaired) electrons. The minimum atomic E-state index is 0.447. The lowest BCUT2D eigenvalue weighted by atomic mass is 10.00. The van der Waals surface area contributed by atoms with Gasteiger partial charge in [0.25, 0.3) is 0 Å². The zero-order valence-corrected chi connectivity index (χ0v) is 15.9. The summed E-state index contributed by atoms with van der Waals surface area (Å²) in [6.45, 7) is 8.48. The van der Waals surface area contributed by atoms with Gasteiger partial charge in [0.05, 0.1) is 12.7 Å². The Morgan fingerprint density at radius 2 is 1.93 bits per heavy atom. The van der Waals surface area contributed by atoms with Crippen molar-refractivity contribution in [1.29, 1.82) is 0 Å². The Bertz CT molecular complexity index is 945. The molecule has 0 aromatic carbocycles. The van der Waals surface area contributed by atoms with Crippen LogP contribution in [0, 0.1) is 13.8 Å². The van der Waals surface area contributed by atoms with Crippen LogP contribution >= 0.6 is 0 Å². The molecular weight excluding hydrogens is 342 g/mol. The third-order valence-corrected chi connectivity index (χ3v) is 5.82. The van der Waals surface area contributed by atoms with Gasteiger partial charge in [0.15, 0.2) is 11.5 Å². The van der Waals surface area contributed by atoms with Gasteiger partial charge in [0.2, 0.25) is 0 Å². The van der Waals surface area contributed by atoms with E-state index in [4.69, 9.17) is 14.8 Å². The fraction of sp³-hybridized carbons (Fsp3) is 0.579. The molecule has 0 bridgehead atoms. The molecule has 0 N–H and O–H groups in total. The third kappa shape index (κ3) is 2.88. The van der Waals surface area contributed by atoms with Crippen LogP contribution in [0.1, 0.15) is 41.7 Å². The van der Waals surface area contributed by atoms with Gasteiger partial charge in [-0.25, -0.2) is 14.6 Å². The van der Waals surface area contributed by atoms with Crippen LogP contribution in [0.4, 0.5) is 5.82 Å². The van der Waals surface area contributed by atoms with Crippen LogP contribution < -0.4 is 4.90 Å². The third-order valence-electron chi connectivity index (χ3n) is 5.82. The smallest absolute Gasteiger partial charge is 0.157 e. The first-order valence-electron chi connectivity index (χ1n) is 9.78. The number of nitrogens with zero attached hydrogens (tertiary/aromatic N) is 7. The Labute approximate surface area is 158 Å². The maximum absolute atomic E-state index is 5.47. The van der Waals surface area contributed by atoms with E-state index in [1.165, 1.54) is 5.56 Å². The molecule has 1 fully saturated rings. The monoisotopic (exact) mass is 367 g/mol. The predicted octanol–water partition coefficient (Wildman–Crippen LogP) is 1.89. The van der Waals surface area contributed by atoms with Crippen LogP contribution in [0.2, 0.25) is 0 Å². The lowest BCUT2D eigenvalue weighted by Gasteiger charge is -2.25. The fourth-order valence-electron chi connectivity index (χ4n) is 4.15. The summed E-state index contributed by atoms with van der Waals surface area (Å²) in [5.74, 6) is 3.69. The first kappa shape index (κ1) is 16.7. The second-order valence-corrected chi connectivity index (χ2v) is 7.48. The van der Waals surface area contributed by atoms with Gasteiger partial charge in [-0.05, 0) is 26.7 Å². The molecular formula is C19H25N7O. The summed E-state index contributed by atoms with van der Waals surface area (Å²) in [6, 6.07) is 1.96. The Hall–Kier alpha value is -2.48. The van der Waals surface area contributed by atoms with E-state index in [-0.39, 0.29) is 0 Å². The lowest BCUT2D eigenvalue weighted by molar-refractivity contribution is 0.0835. The topological polar surface area (TPSA) is 73.4 Å². The van der Waals surface area contributed by atoms with E-state index in [2.05, 4.69) is 33.5 Å². The first-order valence-corrected chi connectivity index (χ1v) is 9.78. The first-order chi connectivity index (χ1) is 13.2. The molecule has 8 nitrogen and oxygen atoms in total. The number of hydrogen-bond acceptors (Lipinski definition) is 6. The molecule has 142 valence electrons. The maximum Gasteiger partial charge on any atom is 0.157 e. The molecule has 0 atom stereocenters. The van der Waals surface area contributed by atoms with Gasteiger partial charge >= 0.3 is 0 Å². The van der Waals surface area contributed by atoms with Crippen LogP contribution in [-0.4, -0.2) is 55.7 Å². The van der Waals surface area contributed by atoms with Crippen molar-refractivity contribution in [3.63, 3.8) is 0 Å². The summed E-state index contributed by atoms with van der Waals surface area (Å²) in [5.41, 5.74) is 3.14. The standard InChI is InChI=1S/C19H25N7O/c1-13-14(2)21-17-3-7-20-26(17)19(13)24-8-4-16-22-18(23-25(16)10-9-24)15-5-11-27-12-6-15/h3,7,15H,4-6,8-12H2,1-2H3. The molecule has 27 heavy (non-hydrogen) atoms. The zero-order chi connectivity index (χ0) is 18.4. The normalized spacial score (nSPS) is 18.7. The number of hydrogen-bond donors (Lipinski definition) is 0. The molecule has 5 heterocycles. The summed E-state index contributed by atoms with van der Waals surface area (Å²) in [7, 11) is 0. The number of aromatic nitrogens is 6. The Morgan fingerprint density at radius 3 is 2.78 bits per heavy atom. The molecule has 0 amide bonds. The molecule has 5 rings (SSSR count). The van der Waals surface area contributed by atoms with Crippen molar-refractivity contribution in [3.05, 3.63) is 35.2 Å². The number of fused-ring (bicyclic) bond motifs is 2. The second-order valence-electron chi connectivity index (χ2n) is 7.48. The highest BCUT2D eigenvalue weighted by molar-refractivity contribution is 5.56. The van der Waals surface area contributed by atoms with Gasteiger partial charge < -0.3 is 9.64 Å². The van der Waals surface area contributed by atoms with E-state index < -0.39 is 0 Å². The van der Waals surface area contributed by atoms with Crippen molar-refractivity contribution in [2.24, 2.45) is 0 Å². The van der Waals surface area contributed by atoms with E-state index >= 15 is 0 Å². The molecule has 0 aliphatic carbocycles. The minimum absolute atomic E-state index is 0.447. The van der Waals surface area contributed by atoms with E-state index in [9.17, 15) is 0 Å². The summed E-state index contributed by atoms with van der Waals surface area (Å²) < 4.78 is 9.53. The van der Waals surface area contributed by atoms with Crippen molar-refractivity contribution < 1.29 is 4.74 Å². The summed E-state index contributed by atoms with van der Waals surface area (Å²) in [6.07, 6.45) is 4.76. The second kappa shape index (κ2) is 6.60. The van der Waals surface area contributed by atoms with Crippen LogP contribution in [0.5, 0.6) is 0 Å². The number of anilines is 1. The number of aryl methyl sites for hydroxylation is 1. The lowest BCUT2D eigenvalue weighted by Crippen LogP contribution is -2.30. The molecule has 8 heteroatoms. The Morgan fingerprint density at radius 1 is 1.07 bits per heavy atom. The van der Waals surface area contributed by atoms with Crippen LogP contribution in [-0.2, 0) is 17.7 Å². The molecule has 0 spiro atoms. The summed E-state index contributed by atoms with van der Waals surface area (Å²) >= 11 is 0. The van der Waals surface area contributed by atoms with E-state index in [1.807, 2.05) is 16.8 Å². The molecule has 3 aromatic heterocycles.